The first kappa shape index (κ1) is 23.2. The van der Waals surface area contributed by atoms with Gasteiger partial charge in [0.2, 0.25) is 15.9 Å². The summed E-state index contributed by atoms with van der Waals surface area (Å²) in [7, 11) is -3.82. The Morgan fingerprint density at radius 1 is 1.24 bits per heavy atom. The van der Waals surface area contributed by atoms with Crippen LogP contribution in [0.25, 0.3) is 0 Å². The van der Waals surface area contributed by atoms with E-state index in [1.807, 2.05) is 6.92 Å². The van der Waals surface area contributed by atoms with Gasteiger partial charge in [0, 0.05) is 30.8 Å². The molecule has 0 bridgehead atoms. The molecule has 0 aliphatic carbocycles. The Morgan fingerprint density at radius 2 is 1.97 bits per heavy atom. The molecule has 0 saturated carbocycles. The second-order valence-corrected chi connectivity index (χ2v) is 10.2. The highest BCUT2D eigenvalue weighted by Gasteiger charge is 2.35. The molecule has 1 fully saturated rings. The number of carbonyl (C=O) groups is 2. The molecule has 0 unspecified atom stereocenters. The number of carbonyl (C=O) groups excluding carboxylic acids is 2. The number of nitrogens with zero attached hydrogens (tertiary/aromatic N) is 1. The van der Waals surface area contributed by atoms with Crippen LogP contribution in [0.1, 0.15) is 31.7 Å². The molecule has 2 aliphatic rings. The number of aryl methyl sites for hydroxylation is 1. The van der Waals surface area contributed by atoms with Crippen molar-refractivity contribution in [3.05, 3.63) is 47.8 Å². The molecule has 0 aromatic heterocycles. The fourth-order valence-corrected chi connectivity index (χ4v) is 5.83. The normalized spacial score (nSPS) is 19.4. The van der Waals surface area contributed by atoms with Crippen molar-refractivity contribution in [2.75, 3.05) is 23.7 Å². The molecule has 1 atom stereocenters. The first-order valence-corrected chi connectivity index (χ1v) is 12.3. The monoisotopic (exact) mass is 475 g/mol. The number of fused-ring (bicyclic) bond motifs is 1. The Bertz CT molecular complexity index is 1190. The third-order valence-electron chi connectivity index (χ3n) is 6.00. The van der Waals surface area contributed by atoms with Crippen LogP contribution in [0.15, 0.2) is 41.3 Å². The topological polar surface area (TPSA) is 105 Å². The molecule has 10 heteroatoms. The van der Waals surface area contributed by atoms with Crippen molar-refractivity contribution in [2.45, 2.75) is 44.1 Å². The van der Waals surface area contributed by atoms with Crippen LogP contribution in [0, 0.1) is 18.7 Å². The molecular formula is C23H26FN3O5S. The summed E-state index contributed by atoms with van der Waals surface area (Å²) >= 11 is 0. The first-order chi connectivity index (χ1) is 15.7. The van der Waals surface area contributed by atoms with E-state index < -0.39 is 21.9 Å². The van der Waals surface area contributed by atoms with Crippen molar-refractivity contribution >= 4 is 33.2 Å². The first-order valence-electron chi connectivity index (χ1n) is 10.9. The highest BCUT2D eigenvalue weighted by molar-refractivity contribution is 7.89. The second kappa shape index (κ2) is 9.11. The molecule has 8 nitrogen and oxygen atoms in total. The molecule has 2 amide bonds. The number of halogens is 1. The van der Waals surface area contributed by atoms with Gasteiger partial charge in [-0.25, -0.2) is 12.8 Å². The van der Waals surface area contributed by atoms with E-state index >= 15 is 0 Å². The highest BCUT2D eigenvalue weighted by Crippen LogP contribution is 2.36. The minimum absolute atomic E-state index is 0.120. The zero-order valence-corrected chi connectivity index (χ0v) is 19.2. The Balaban J connectivity index is 1.46. The van der Waals surface area contributed by atoms with Crippen LogP contribution in [0.4, 0.5) is 15.8 Å². The molecule has 2 heterocycles. The van der Waals surface area contributed by atoms with E-state index in [-0.39, 0.29) is 35.7 Å². The average molecular weight is 476 g/mol. The van der Waals surface area contributed by atoms with Crippen molar-refractivity contribution in [2.24, 2.45) is 5.92 Å². The van der Waals surface area contributed by atoms with Crippen LogP contribution < -0.4 is 15.4 Å². The number of rotatable bonds is 5. The molecule has 176 valence electrons. The average Bonchev–Trinajstić information content (AvgIpc) is 2.78. The van der Waals surface area contributed by atoms with Crippen molar-refractivity contribution in [1.82, 2.24) is 4.31 Å². The maximum atomic E-state index is 13.4. The predicted molar refractivity (Wildman–Crippen MR) is 121 cm³/mol. The number of amides is 2. The third kappa shape index (κ3) is 4.72. The van der Waals surface area contributed by atoms with Gasteiger partial charge in [0.15, 0.2) is 6.10 Å². The van der Waals surface area contributed by atoms with Gasteiger partial charge in [0.25, 0.3) is 5.91 Å². The van der Waals surface area contributed by atoms with Gasteiger partial charge in [-0.2, -0.15) is 4.31 Å². The number of hydrogen-bond donors (Lipinski definition) is 2. The number of benzene rings is 2. The summed E-state index contributed by atoms with van der Waals surface area (Å²) in [6.07, 6.45) is 0.513. The quantitative estimate of drug-likeness (QED) is 0.691. The van der Waals surface area contributed by atoms with Gasteiger partial charge in [0.05, 0.1) is 10.6 Å². The zero-order valence-electron chi connectivity index (χ0n) is 18.4. The van der Waals surface area contributed by atoms with Crippen LogP contribution in [0.3, 0.4) is 0 Å². The number of anilines is 2. The Hall–Kier alpha value is -2.98. The van der Waals surface area contributed by atoms with Crippen LogP contribution in [-0.4, -0.2) is 43.7 Å². The van der Waals surface area contributed by atoms with Gasteiger partial charge >= 0.3 is 0 Å². The summed E-state index contributed by atoms with van der Waals surface area (Å²) in [6, 6.07) is 8.72. The highest BCUT2D eigenvalue weighted by atomic mass is 32.2. The minimum Gasteiger partial charge on any atom is -0.478 e. The van der Waals surface area contributed by atoms with Crippen LogP contribution in [-0.2, 0) is 19.6 Å². The molecule has 0 radical (unpaired) electrons. The van der Waals surface area contributed by atoms with Crippen LogP contribution in [0.2, 0.25) is 0 Å². The van der Waals surface area contributed by atoms with Crippen molar-refractivity contribution in [3.8, 4) is 5.75 Å². The largest absolute Gasteiger partial charge is 0.478 e. The molecule has 4 rings (SSSR count). The lowest BCUT2D eigenvalue weighted by molar-refractivity contribution is -0.123. The summed E-state index contributed by atoms with van der Waals surface area (Å²) < 4.78 is 47.1. The Labute approximate surface area is 192 Å². The van der Waals surface area contributed by atoms with Gasteiger partial charge < -0.3 is 15.4 Å². The summed E-state index contributed by atoms with van der Waals surface area (Å²) in [6.45, 7) is 3.87. The summed E-state index contributed by atoms with van der Waals surface area (Å²) in [5, 5.41) is 5.46. The molecule has 1 saturated heterocycles. The van der Waals surface area contributed by atoms with E-state index in [0.717, 1.165) is 0 Å². The summed E-state index contributed by atoms with van der Waals surface area (Å²) in [5.41, 5.74) is 1.32. The number of hydrogen-bond acceptors (Lipinski definition) is 5. The molecule has 2 aromatic carbocycles. The maximum absolute atomic E-state index is 13.4. The van der Waals surface area contributed by atoms with E-state index in [9.17, 15) is 22.4 Å². The van der Waals surface area contributed by atoms with Gasteiger partial charge in [-0.05, 0) is 56.0 Å². The number of nitrogens with one attached hydrogen (secondary N) is 2. The molecule has 33 heavy (non-hydrogen) atoms. The summed E-state index contributed by atoms with van der Waals surface area (Å²) in [5.74, 6) is -0.984. The number of ether oxygens (including phenoxy) is 1. The van der Waals surface area contributed by atoms with Gasteiger partial charge in [-0.15, -0.1) is 0 Å². The van der Waals surface area contributed by atoms with E-state index in [1.54, 1.807) is 19.1 Å². The Morgan fingerprint density at radius 3 is 2.64 bits per heavy atom. The molecule has 2 N–H and O–H groups in total. The molecule has 2 aliphatic heterocycles. The number of piperidine rings is 1. The minimum atomic E-state index is -3.82. The van der Waals surface area contributed by atoms with E-state index in [2.05, 4.69) is 10.6 Å². The second-order valence-electron chi connectivity index (χ2n) is 8.30. The standard InChI is InChI=1S/C23H26FN3O5S/c1-3-19-23(29)26-18-11-14(2)21(13-20(18)32-19)33(30,31)27-9-7-15(8-10-27)22(28)25-17-6-4-5-16(24)12-17/h4-6,11-13,15,19H,3,7-10H2,1-2H3,(H,25,28)(H,26,29)/t19-/m1/s1. The summed E-state index contributed by atoms with van der Waals surface area (Å²) in [4.78, 5) is 24.7. The fraction of sp³-hybridized carbons (Fsp3) is 0.391. The molecule has 0 spiro atoms. The van der Waals surface area contributed by atoms with Crippen LogP contribution >= 0.6 is 0 Å². The lowest BCUT2D eigenvalue weighted by Gasteiger charge is -2.32. The third-order valence-corrected chi connectivity index (χ3v) is 8.04. The van der Waals surface area contributed by atoms with Crippen molar-refractivity contribution < 1.29 is 27.1 Å². The zero-order chi connectivity index (χ0) is 23.8. The van der Waals surface area contributed by atoms with E-state index in [1.165, 1.54) is 28.6 Å². The van der Waals surface area contributed by atoms with Crippen LogP contribution in [0.5, 0.6) is 5.75 Å². The van der Waals surface area contributed by atoms with Gasteiger partial charge in [0.1, 0.15) is 11.6 Å². The number of sulfonamides is 1. The van der Waals surface area contributed by atoms with Crippen molar-refractivity contribution in [3.63, 3.8) is 0 Å². The smallest absolute Gasteiger partial charge is 0.265 e. The Kier molecular flexibility index (Phi) is 6.40. The predicted octanol–water partition coefficient (Wildman–Crippen LogP) is 3.28. The van der Waals surface area contributed by atoms with Gasteiger partial charge in [-0.3, -0.25) is 9.59 Å². The van der Waals surface area contributed by atoms with E-state index in [4.69, 9.17) is 4.74 Å². The lowest BCUT2D eigenvalue weighted by atomic mass is 9.97. The maximum Gasteiger partial charge on any atom is 0.265 e. The van der Waals surface area contributed by atoms with Gasteiger partial charge in [-0.1, -0.05) is 13.0 Å². The molecular weight excluding hydrogens is 449 g/mol. The lowest BCUT2D eigenvalue weighted by Crippen LogP contribution is -2.41. The van der Waals surface area contributed by atoms with E-state index in [0.29, 0.717) is 42.0 Å². The fourth-order valence-electron chi connectivity index (χ4n) is 4.14. The molecule has 2 aromatic rings. The SMILES string of the molecule is CC[C@H]1Oc2cc(S(=O)(=O)N3CCC(C(=O)Nc4cccc(F)c4)CC3)c(C)cc2NC1=O. The van der Waals surface area contributed by atoms with Crippen molar-refractivity contribution in [1.29, 1.82) is 0 Å².